The predicted octanol–water partition coefficient (Wildman–Crippen LogP) is 4.24. The van der Waals surface area contributed by atoms with Gasteiger partial charge in [-0.15, -0.1) is 0 Å². The van der Waals surface area contributed by atoms with Crippen LogP contribution in [-0.4, -0.2) is 17.8 Å². The number of nitrogens with zero attached hydrogens (tertiary/aromatic N) is 1. The molecule has 1 heterocycles. The highest BCUT2D eigenvalue weighted by atomic mass is 79.9. The quantitative estimate of drug-likeness (QED) is 0.605. The second kappa shape index (κ2) is 7.25. The fourth-order valence-electron chi connectivity index (χ4n) is 2.63. The first-order valence-corrected chi connectivity index (χ1v) is 8.93. The Balaban J connectivity index is 1.95. The van der Waals surface area contributed by atoms with Crippen molar-refractivity contribution in [1.29, 1.82) is 0 Å². The van der Waals surface area contributed by atoms with Crippen molar-refractivity contribution in [2.75, 3.05) is 4.90 Å². The minimum Gasteiger partial charge on any atom is -0.273 e. The van der Waals surface area contributed by atoms with E-state index in [2.05, 4.69) is 35.1 Å². The molecule has 1 aliphatic heterocycles. The molecule has 2 aromatic carbocycles. The van der Waals surface area contributed by atoms with Gasteiger partial charge in [0.25, 0.3) is 11.8 Å². The van der Waals surface area contributed by atoms with Crippen molar-refractivity contribution in [3.05, 3.63) is 69.7 Å². The Morgan fingerprint density at radius 1 is 0.962 bits per heavy atom. The number of carbonyl (C=O) groups is 3. The van der Waals surface area contributed by atoms with Crippen molar-refractivity contribution in [3.63, 3.8) is 0 Å². The van der Waals surface area contributed by atoms with E-state index in [9.17, 15) is 14.4 Å². The van der Waals surface area contributed by atoms with E-state index in [0.717, 1.165) is 14.9 Å². The molecule has 0 aromatic heterocycles. The smallest absolute Gasteiger partial charge is 0.273 e. The van der Waals surface area contributed by atoms with Crippen LogP contribution in [0.2, 0.25) is 0 Å². The van der Waals surface area contributed by atoms with Crippen molar-refractivity contribution in [2.45, 2.75) is 19.8 Å². The molecule has 1 N–H and O–H groups in total. The third-order valence-electron chi connectivity index (χ3n) is 4.10. The van der Waals surface area contributed by atoms with E-state index >= 15 is 0 Å². The van der Waals surface area contributed by atoms with Gasteiger partial charge in [-0.2, -0.15) is 0 Å². The molecule has 1 aliphatic rings. The van der Waals surface area contributed by atoms with Gasteiger partial charge in [0, 0.05) is 4.47 Å². The highest BCUT2D eigenvalue weighted by Gasteiger charge is 2.36. The monoisotopic (exact) mass is 412 g/mol. The van der Waals surface area contributed by atoms with Crippen LogP contribution in [0.4, 0.5) is 10.5 Å². The van der Waals surface area contributed by atoms with Crippen LogP contribution in [0.5, 0.6) is 0 Å². The van der Waals surface area contributed by atoms with E-state index in [1.54, 1.807) is 24.3 Å². The lowest BCUT2D eigenvalue weighted by atomic mass is 10.0. The van der Waals surface area contributed by atoms with E-state index in [1.165, 1.54) is 11.6 Å². The SMILES string of the molecule is CC(C)c1ccc(/C=C2/C(=O)NC(=O)N(c3ccc(Br)cc3)C2=O)cc1. The molecule has 1 saturated heterocycles. The number of barbiturate groups is 1. The Morgan fingerprint density at radius 2 is 1.58 bits per heavy atom. The fraction of sp³-hybridized carbons (Fsp3) is 0.150. The zero-order valence-electron chi connectivity index (χ0n) is 14.3. The largest absolute Gasteiger partial charge is 0.335 e. The number of rotatable bonds is 3. The van der Waals surface area contributed by atoms with Gasteiger partial charge in [-0.3, -0.25) is 14.9 Å². The summed E-state index contributed by atoms with van der Waals surface area (Å²) in [6.07, 6.45) is 1.50. The molecule has 1 fully saturated rings. The average Bonchev–Trinajstić information content (AvgIpc) is 2.60. The Morgan fingerprint density at radius 3 is 2.15 bits per heavy atom. The first kappa shape index (κ1) is 18.1. The number of benzene rings is 2. The minimum atomic E-state index is -0.755. The molecule has 2 aromatic rings. The van der Waals surface area contributed by atoms with Gasteiger partial charge in [0.15, 0.2) is 0 Å². The summed E-state index contributed by atoms with van der Waals surface area (Å²) in [6, 6.07) is 13.6. The van der Waals surface area contributed by atoms with Gasteiger partial charge in [-0.05, 0) is 47.4 Å². The fourth-order valence-corrected chi connectivity index (χ4v) is 2.89. The minimum absolute atomic E-state index is 0.0789. The molecule has 0 radical (unpaired) electrons. The van der Waals surface area contributed by atoms with Crippen molar-refractivity contribution in [1.82, 2.24) is 5.32 Å². The van der Waals surface area contributed by atoms with Gasteiger partial charge in [0.05, 0.1) is 5.69 Å². The molecule has 132 valence electrons. The molecule has 0 unspecified atom stereocenters. The third-order valence-corrected chi connectivity index (χ3v) is 4.63. The Bertz CT molecular complexity index is 900. The van der Waals surface area contributed by atoms with Gasteiger partial charge >= 0.3 is 6.03 Å². The Kier molecular flexibility index (Phi) is 5.04. The van der Waals surface area contributed by atoms with Crippen LogP contribution in [0.3, 0.4) is 0 Å². The molecule has 0 saturated carbocycles. The number of halogens is 1. The molecular formula is C20H17BrN2O3. The summed E-state index contributed by atoms with van der Waals surface area (Å²) < 4.78 is 0.822. The molecule has 5 nitrogen and oxygen atoms in total. The van der Waals surface area contributed by atoms with E-state index in [-0.39, 0.29) is 5.57 Å². The van der Waals surface area contributed by atoms with Crippen LogP contribution < -0.4 is 10.2 Å². The number of urea groups is 1. The number of hydrogen-bond acceptors (Lipinski definition) is 3. The van der Waals surface area contributed by atoms with Crippen molar-refractivity contribution in [2.24, 2.45) is 0 Å². The van der Waals surface area contributed by atoms with E-state index in [1.807, 2.05) is 24.3 Å². The van der Waals surface area contributed by atoms with Crippen molar-refractivity contribution < 1.29 is 14.4 Å². The number of anilines is 1. The molecule has 0 atom stereocenters. The van der Waals surface area contributed by atoms with Gasteiger partial charge in [-0.25, -0.2) is 9.69 Å². The number of imide groups is 2. The van der Waals surface area contributed by atoms with Crippen LogP contribution >= 0.6 is 15.9 Å². The zero-order chi connectivity index (χ0) is 18.8. The van der Waals surface area contributed by atoms with Gasteiger partial charge < -0.3 is 0 Å². The Labute approximate surface area is 159 Å². The molecule has 3 rings (SSSR count). The molecule has 4 amide bonds. The maximum atomic E-state index is 12.8. The van der Waals surface area contributed by atoms with Crippen LogP contribution in [-0.2, 0) is 9.59 Å². The highest BCUT2D eigenvalue weighted by molar-refractivity contribution is 9.10. The average molecular weight is 413 g/mol. The third kappa shape index (κ3) is 3.60. The van der Waals surface area contributed by atoms with E-state index < -0.39 is 17.8 Å². The molecule has 0 spiro atoms. The summed E-state index contributed by atoms with van der Waals surface area (Å²) in [5.41, 5.74) is 2.20. The molecule has 0 aliphatic carbocycles. The van der Waals surface area contributed by atoms with Gasteiger partial charge in [0.2, 0.25) is 0 Å². The summed E-state index contributed by atoms with van der Waals surface area (Å²) in [4.78, 5) is 38.1. The predicted molar refractivity (Wildman–Crippen MR) is 104 cm³/mol. The van der Waals surface area contributed by atoms with Crippen LogP contribution in [0.25, 0.3) is 6.08 Å². The highest BCUT2D eigenvalue weighted by Crippen LogP contribution is 2.24. The maximum absolute atomic E-state index is 12.8. The normalized spacial score (nSPS) is 16.4. The molecule has 6 heteroatoms. The van der Waals surface area contributed by atoms with Gasteiger partial charge in [0.1, 0.15) is 5.57 Å². The summed E-state index contributed by atoms with van der Waals surface area (Å²) in [6.45, 7) is 4.18. The second-order valence-corrected chi connectivity index (χ2v) is 7.17. The lowest BCUT2D eigenvalue weighted by Crippen LogP contribution is -2.54. The van der Waals surface area contributed by atoms with Crippen molar-refractivity contribution in [3.8, 4) is 0 Å². The molecule has 0 bridgehead atoms. The second-order valence-electron chi connectivity index (χ2n) is 6.26. The Hall–Kier alpha value is -2.73. The van der Waals surface area contributed by atoms with Crippen molar-refractivity contribution >= 4 is 45.5 Å². The number of hydrogen-bond donors (Lipinski definition) is 1. The zero-order valence-corrected chi connectivity index (χ0v) is 15.9. The topological polar surface area (TPSA) is 66.5 Å². The lowest BCUT2D eigenvalue weighted by Gasteiger charge is -2.26. The molecular weight excluding hydrogens is 396 g/mol. The maximum Gasteiger partial charge on any atom is 0.335 e. The number of carbonyl (C=O) groups excluding carboxylic acids is 3. The first-order valence-electron chi connectivity index (χ1n) is 8.14. The lowest BCUT2D eigenvalue weighted by molar-refractivity contribution is -0.122. The number of amides is 4. The summed E-state index contributed by atoms with van der Waals surface area (Å²) >= 11 is 3.31. The summed E-state index contributed by atoms with van der Waals surface area (Å²) in [7, 11) is 0. The summed E-state index contributed by atoms with van der Waals surface area (Å²) in [5, 5.41) is 2.22. The van der Waals surface area contributed by atoms with E-state index in [0.29, 0.717) is 11.6 Å². The first-order chi connectivity index (χ1) is 12.4. The molecule has 26 heavy (non-hydrogen) atoms. The standard InChI is InChI=1S/C20H17BrN2O3/c1-12(2)14-5-3-13(4-6-14)11-17-18(24)22-20(26)23(19(17)25)16-9-7-15(21)8-10-16/h3-12H,1-2H3,(H,22,24,26)/b17-11-. The summed E-state index contributed by atoms with van der Waals surface area (Å²) in [5.74, 6) is -0.947. The number of nitrogens with one attached hydrogen (secondary N) is 1. The van der Waals surface area contributed by atoms with Crippen LogP contribution in [0, 0.1) is 0 Å². The van der Waals surface area contributed by atoms with Crippen LogP contribution in [0.15, 0.2) is 58.6 Å². The van der Waals surface area contributed by atoms with Gasteiger partial charge in [-0.1, -0.05) is 54.0 Å². The van der Waals surface area contributed by atoms with E-state index in [4.69, 9.17) is 0 Å². The van der Waals surface area contributed by atoms with Crippen LogP contribution in [0.1, 0.15) is 30.9 Å².